The maximum atomic E-state index is 13.2. The van der Waals surface area contributed by atoms with E-state index in [1.165, 1.54) is 24.3 Å². The lowest BCUT2D eigenvalue weighted by atomic mass is 9.93. The van der Waals surface area contributed by atoms with Crippen molar-refractivity contribution in [2.75, 3.05) is 0 Å². The summed E-state index contributed by atoms with van der Waals surface area (Å²) >= 11 is 14.0. The highest BCUT2D eigenvalue weighted by Crippen LogP contribution is 2.39. The van der Waals surface area contributed by atoms with Gasteiger partial charge in [0.05, 0.1) is 16.7 Å². The van der Waals surface area contributed by atoms with E-state index in [0.717, 1.165) is 22.9 Å². The van der Waals surface area contributed by atoms with Crippen LogP contribution in [-0.2, 0) is 22.3 Å². The highest BCUT2D eigenvalue weighted by atomic mass is 35.5. The minimum atomic E-state index is -4.29. The topological polar surface area (TPSA) is 136 Å². The SMILES string of the molecule is CCc1c(OS(=O)(=O)c2ccc(C)cc2)nc(SCc2ccc([N+](=O)[O-])cc2)nc1C(C#N)c1c(Cl)cccc1Cl. The van der Waals surface area contributed by atoms with Gasteiger partial charge < -0.3 is 4.18 Å². The molecule has 0 aliphatic carbocycles. The summed E-state index contributed by atoms with van der Waals surface area (Å²) in [5.74, 6) is -0.970. The summed E-state index contributed by atoms with van der Waals surface area (Å²) in [6.45, 7) is 3.60. The molecule has 0 saturated heterocycles. The number of hydrogen-bond donors (Lipinski definition) is 0. The van der Waals surface area contributed by atoms with Crippen LogP contribution in [0.1, 0.15) is 40.8 Å². The Labute approximate surface area is 251 Å². The fourth-order valence-electron chi connectivity index (χ4n) is 3.93. The fraction of sp³-hybridized carbons (Fsp3) is 0.179. The van der Waals surface area contributed by atoms with Gasteiger partial charge in [-0.3, -0.25) is 10.1 Å². The number of nitrogens with zero attached hydrogens (tertiary/aromatic N) is 4. The molecule has 0 amide bonds. The van der Waals surface area contributed by atoms with E-state index in [0.29, 0.717) is 16.9 Å². The Morgan fingerprint density at radius 2 is 1.68 bits per heavy atom. The Bertz CT molecular complexity index is 1720. The molecule has 9 nitrogen and oxygen atoms in total. The molecule has 41 heavy (non-hydrogen) atoms. The van der Waals surface area contributed by atoms with E-state index >= 15 is 0 Å². The zero-order valence-corrected chi connectivity index (χ0v) is 24.9. The minimum absolute atomic E-state index is 0.0462. The first-order chi connectivity index (χ1) is 19.5. The molecule has 0 fully saturated rings. The maximum absolute atomic E-state index is 13.2. The third-order valence-corrected chi connectivity index (χ3v) is 8.84. The van der Waals surface area contributed by atoms with Crippen LogP contribution >= 0.6 is 35.0 Å². The molecule has 0 aliphatic heterocycles. The fourth-order valence-corrected chi connectivity index (χ4v) is 6.26. The molecule has 0 spiro atoms. The summed E-state index contributed by atoms with van der Waals surface area (Å²) in [5, 5.41) is 21.9. The van der Waals surface area contributed by atoms with Crippen molar-refractivity contribution >= 4 is 50.8 Å². The van der Waals surface area contributed by atoms with Crippen LogP contribution in [0.3, 0.4) is 0 Å². The number of halogens is 2. The molecule has 1 atom stereocenters. The number of non-ortho nitro benzene ring substituents is 1. The zero-order valence-electron chi connectivity index (χ0n) is 21.7. The quantitative estimate of drug-likeness (QED) is 0.0583. The van der Waals surface area contributed by atoms with Crippen LogP contribution in [0, 0.1) is 28.4 Å². The second-order valence-corrected chi connectivity index (χ2v) is 12.1. The molecule has 1 unspecified atom stereocenters. The predicted octanol–water partition coefficient (Wildman–Crippen LogP) is 7.28. The van der Waals surface area contributed by atoms with Crippen molar-refractivity contribution in [2.45, 2.75) is 42.0 Å². The van der Waals surface area contributed by atoms with E-state index < -0.39 is 21.0 Å². The van der Waals surface area contributed by atoms with Gasteiger partial charge in [-0.15, -0.1) is 0 Å². The van der Waals surface area contributed by atoms with E-state index in [4.69, 9.17) is 27.4 Å². The molecule has 0 saturated carbocycles. The number of nitro groups is 1. The largest absolute Gasteiger partial charge is 0.358 e. The zero-order chi connectivity index (χ0) is 29.7. The predicted molar refractivity (Wildman–Crippen MR) is 157 cm³/mol. The Balaban J connectivity index is 1.82. The highest BCUT2D eigenvalue weighted by molar-refractivity contribution is 7.98. The average molecular weight is 630 g/mol. The molecule has 210 valence electrons. The van der Waals surface area contributed by atoms with Crippen LogP contribution in [0.25, 0.3) is 0 Å². The Hall–Kier alpha value is -3.69. The van der Waals surface area contributed by atoms with Gasteiger partial charge in [-0.25, -0.2) is 4.98 Å². The van der Waals surface area contributed by atoms with Crippen molar-refractivity contribution < 1.29 is 17.5 Å². The summed E-state index contributed by atoms with van der Waals surface area (Å²) in [6.07, 6.45) is 0.238. The van der Waals surface area contributed by atoms with Gasteiger partial charge in [-0.2, -0.15) is 18.7 Å². The van der Waals surface area contributed by atoms with Crippen molar-refractivity contribution in [1.29, 1.82) is 5.26 Å². The second-order valence-electron chi connectivity index (χ2n) is 8.79. The monoisotopic (exact) mass is 628 g/mol. The van der Waals surface area contributed by atoms with E-state index in [-0.39, 0.29) is 43.8 Å². The number of rotatable bonds is 10. The highest BCUT2D eigenvalue weighted by Gasteiger charge is 2.29. The summed E-state index contributed by atoms with van der Waals surface area (Å²) in [6, 6.07) is 19.2. The van der Waals surface area contributed by atoms with Crippen molar-refractivity contribution in [3.63, 3.8) is 0 Å². The summed E-state index contributed by atoms with van der Waals surface area (Å²) in [7, 11) is -4.29. The molecular weight excluding hydrogens is 607 g/mol. The molecule has 1 heterocycles. The number of hydrogen-bond acceptors (Lipinski definition) is 9. The van der Waals surface area contributed by atoms with Crippen LogP contribution in [0.2, 0.25) is 10.0 Å². The molecule has 4 rings (SSSR count). The number of aromatic nitrogens is 2. The van der Waals surface area contributed by atoms with Gasteiger partial charge in [0.15, 0.2) is 5.16 Å². The van der Waals surface area contributed by atoms with Crippen LogP contribution in [0.4, 0.5) is 5.69 Å². The lowest BCUT2D eigenvalue weighted by molar-refractivity contribution is -0.384. The average Bonchev–Trinajstić information content (AvgIpc) is 2.94. The van der Waals surface area contributed by atoms with Crippen molar-refractivity contribution in [3.05, 3.63) is 115 Å². The van der Waals surface area contributed by atoms with Crippen LogP contribution in [0.5, 0.6) is 5.88 Å². The number of aryl methyl sites for hydroxylation is 1. The van der Waals surface area contributed by atoms with Crippen molar-refractivity contribution in [2.24, 2.45) is 0 Å². The summed E-state index contributed by atoms with van der Waals surface area (Å²) < 4.78 is 32.0. The second kappa shape index (κ2) is 12.9. The van der Waals surface area contributed by atoms with Crippen LogP contribution in [-0.4, -0.2) is 23.3 Å². The number of benzene rings is 3. The van der Waals surface area contributed by atoms with Crippen LogP contribution < -0.4 is 4.18 Å². The third kappa shape index (κ3) is 6.97. The molecule has 0 radical (unpaired) electrons. The summed E-state index contributed by atoms with van der Waals surface area (Å²) in [5.41, 5.74) is 2.41. The van der Waals surface area contributed by atoms with Gasteiger partial charge in [-0.1, -0.05) is 77.8 Å². The summed E-state index contributed by atoms with van der Waals surface area (Å²) in [4.78, 5) is 19.5. The van der Waals surface area contributed by atoms with Crippen LogP contribution in [0.15, 0.2) is 76.8 Å². The molecule has 0 bridgehead atoms. The first-order valence-corrected chi connectivity index (χ1v) is 15.3. The molecule has 3 aromatic carbocycles. The standard InChI is InChI=1S/C28H22Cl2N4O5S2/c1-3-21-26(22(15-31)25-23(29)5-4-6-24(25)30)32-28(40-16-18-9-11-19(12-10-18)34(35)36)33-27(21)39-41(37,38)20-13-7-17(2)8-14-20/h4-14,22H,3,16H2,1-2H3. The van der Waals surface area contributed by atoms with Gasteiger partial charge in [0.1, 0.15) is 10.8 Å². The molecule has 0 aliphatic rings. The Morgan fingerprint density at radius 3 is 2.24 bits per heavy atom. The van der Waals surface area contributed by atoms with Gasteiger partial charge >= 0.3 is 10.1 Å². The lowest BCUT2D eigenvalue weighted by Gasteiger charge is -2.19. The Morgan fingerprint density at radius 1 is 1.05 bits per heavy atom. The Kier molecular flexibility index (Phi) is 9.50. The lowest BCUT2D eigenvalue weighted by Crippen LogP contribution is -2.16. The van der Waals surface area contributed by atoms with Crippen molar-refractivity contribution in [3.8, 4) is 11.9 Å². The number of thioether (sulfide) groups is 1. The van der Waals surface area contributed by atoms with Crippen molar-refractivity contribution in [1.82, 2.24) is 9.97 Å². The van der Waals surface area contributed by atoms with Gasteiger partial charge in [0, 0.05) is 39.1 Å². The third-order valence-electron chi connectivity index (χ3n) is 6.04. The number of nitriles is 1. The van der Waals surface area contributed by atoms with E-state index in [1.807, 2.05) is 6.92 Å². The molecule has 1 aromatic heterocycles. The van der Waals surface area contributed by atoms with Gasteiger partial charge in [0.25, 0.3) is 5.69 Å². The normalized spacial score (nSPS) is 12.0. The van der Waals surface area contributed by atoms with Gasteiger partial charge in [0.2, 0.25) is 5.88 Å². The smallest absolute Gasteiger partial charge is 0.340 e. The molecule has 13 heteroatoms. The minimum Gasteiger partial charge on any atom is -0.358 e. The molecular formula is C28H22Cl2N4O5S2. The molecule has 0 N–H and O–H groups in total. The van der Waals surface area contributed by atoms with E-state index in [2.05, 4.69) is 16.0 Å². The van der Waals surface area contributed by atoms with E-state index in [9.17, 15) is 23.8 Å². The molecule has 4 aromatic rings. The number of nitro benzene ring substituents is 1. The van der Waals surface area contributed by atoms with E-state index in [1.54, 1.807) is 49.4 Å². The first kappa shape index (κ1) is 30.3. The first-order valence-electron chi connectivity index (χ1n) is 12.2. The van der Waals surface area contributed by atoms with Gasteiger partial charge in [-0.05, 0) is 43.2 Å². The maximum Gasteiger partial charge on any atom is 0.340 e.